The molecule has 3 rings (SSSR count). The molecule has 0 aliphatic rings. The molecule has 1 amide bonds. The second kappa shape index (κ2) is 9.08. The number of hydrogen-bond donors (Lipinski definition) is 2. The summed E-state index contributed by atoms with van der Waals surface area (Å²) in [5, 5.41) is 6.02. The highest BCUT2D eigenvalue weighted by atomic mass is 19.1. The Morgan fingerprint density at radius 1 is 1.04 bits per heavy atom. The number of aromatic nitrogens is 2. The second-order valence-electron chi connectivity index (χ2n) is 6.63. The van der Waals surface area contributed by atoms with E-state index >= 15 is 0 Å². The van der Waals surface area contributed by atoms with E-state index in [-0.39, 0.29) is 17.4 Å². The monoisotopic (exact) mass is 378 g/mol. The van der Waals surface area contributed by atoms with Crippen molar-refractivity contribution >= 4 is 11.7 Å². The second-order valence-corrected chi connectivity index (χ2v) is 6.63. The lowest BCUT2D eigenvalue weighted by Gasteiger charge is -2.10. The Kier molecular flexibility index (Phi) is 6.32. The molecule has 0 fully saturated rings. The van der Waals surface area contributed by atoms with Crippen molar-refractivity contribution in [2.45, 2.75) is 26.8 Å². The van der Waals surface area contributed by atoms with Gasteiger partial charge >= 0.3 is 0 Å². The smallest absolute Gasteiger partial charge is 0.270 e. The molecule has 0 saturated carbocycles. The van der Waals surface area contributed by atoms with Crippen molar-refractivity contribution in [3.05, 3.63) is 88.6 Å². The van der Waals surface area contributed by atoms with E-state index in [1.807, 2.05) is 25.1 Å². The average Bonchev–Trinajstić information content (AvgIpc) is 2.67. The van der Waals surface area contributed by atoms with Crippen LogP contribution in [0.4, 0.5) is 10.2 Å². The van der Waals surface area contributed by atoms with E-state index < -0.39 is 0 Å². The fraction of sp³-hybridized carbons (Fsp3) is 0.227. The van der Waals surface area contributed by atoms with Gasteiger partial charge in [-0.1, -0.05) is 48.0 Å². The van der Waals surface area contributed by atoms with Crippen molar-refractivity contribution < 1.29 is 9.18 Å². The summed E-state index contributed by atoms with van der Waals surface area (Å²) in [5.41, 5.74) is 3.18. The van der Waals surface area contributed by atoms with Gasteiger partial charge in [0.25, 0.3) is 5.91 Å². The van der Waals surface area contributed by atoms with Crippen LogP contribution in [0.25, 0.3) is 0 Å². The van der Waals surface area contributed by atoms with Crippen LogP contribution >= 0.6 is 0 Å². The predicted octanol–water partition coefficient (Wildman–Crippen LogP) is 3.82. The van der Waals surface area contributed by atoms with Crippen LogP contribution in [0.1, 0.15) is 33.0 Å². The molecule has 144 valence electrons. The largest absolute Gasteiger partial charge is 0.366 e. The number of halogens is 1. The fourth-order valence-electron chi connectivity index (χ4n) is 2.89. The molecule has 0 spiro atoms. The lowest BCUT2D eigenvalue weighted by Crippen LogP contribution is -2.27. The molecule has 5 nitrogen and oxygen atoms in total. The van der Waals surface area contributed by atoms with Crippen LogP contribution in [0.3, 0.4) is 0 Å². The van der Waals surface area contributed by atoms with E-state index in [2.05, 4.69) is 26.7 Å². The molecule has 0 saturated heterocycles. The number of nitrogens with one attached hydrogen (secondary N) is 2. The van der Waals surface area contributed by atoms with Crippen LogP contribution in [-0.2, 0) is 13.0 Å². The SMILES string of the molecule is Cc1cccc(CNc2cc(C(=O)NCCc3ccccc3F)nc(C)n2)c1. The molecule has 0 aliphatic carbocycles. The number of hydrogen-bond acceptors (Lipinski definition) is 4. The van der Waals surface area contributed by atoms with Gasteiger partial charge in [-0.2, -0.15) is 0 Å². The lowest BCUT2D eigenvalue weighted by molar-refractivity contribution is 0.0948. The molecule has 2 aromatic carbocycles. The first-order valence-corrected chi connectivity index (χ1v) is 9.18. The number of benzene rings is 2. The summed E-state index contributed by atoms with van der Waals surface area (Å²) < 4.78 is 13.7. The van der Waals surface area contributed by atoms with Gasteiger partial charge in [0.2, 0.25) is 0 Å². The van der Waals surface area contributed by atoms with Crippen LogP contribution in [-0.4, -0.2) is 22.4 Å². The zero-order valence-electron chi connectivity index (χ0n) is 16.0. The van der Waals surface area contributed by atoms with Crippen LogP contribution in [0.5, 0.6) is 0 Å². The third-order valence-electron chi connectivity index (χ3n) is 4.26. The number of carbonyl (C=O) groups is 1. The summed E-state index contributed by atoms with van der Waals surface area (Å²) in [7, 11) is 0. The molecule has 0 unspecified atom stereocenters. The summed E-state index contributed by atoms with van der Waals surface area (Å²) in [6.07, 6.45) is 0.418. The van der Waals surface area contributed by atoms with Crippen LogP contribution < -0.4 is 10.6 Å². The van der Waals surface area contributed by atoms with E-state index in [1.165, 1.54) is 11.6 Å². The van der Waals surface area contributed by atoms with Gasteiger partial charge in [-0.05, 0) is 37.5 Å². The fourth-order valence-corrected chi connectivity index (χ4v) is 2.89. The molecule has 3 aromatic rings. The van der Waals surface area contributed by atoms with Gasteiger partial charge in [-0.25, -0.2) is 14.4 Å². The predicted molar refractivity (Wildman–Crippen MR) is 108 cm³/mol. The first-order chi connectivity index (χ1) is 13.5. The number of rotatable bonds is 7. The molecule has 1 aromatic heterocycles. The summed E-state index contributed by atoms with van der Waals surface area (Å²) in [4.78, 5) is 21.0. The molecule has 28 heavy (non-hydrogen) atoms. The van der Waals surface area contributed by atoms with E-state index in [1.54, 1.807) is 31.2 Å². The Morgan fingerprint density at radius 3 is 2.64 bits per heavy atom. The maximum atomic E-state index is 13.7. The average molecular weight is 378 g/mol. The summed E-state index contributed by atoms with van der Waals surface area (Å²) in [6, 6.07) is 16.4. The van der Waals surface area contributed by atoms with Gasteiger partial charge in [-0.3, -0.25) is 4.79 Å². The minimum absolute atomic E-state index is 0.266. The first-order valence-electron chi connectivity index (χ1n) is 9.18. The summed E-state index contributed by atoms with van der Waals surface area (Å²) in [6.45, 7) is 4.72. The Labute approximate surface area is 164 Å². The zero-order chi connectivity index (χ0) is 19.9. The van der Waals surface area contributed by atoms with E-state index in [0.717, 1.165) is 5.56 Å². The molecule has 0 radical (unpaired) electrons. The summed E-state index contributed by atoms with van der Waals surface area (Å²) >= 11 is 0. The number of amides is 1. The minimum atomic E-state index is -0.305. The van der Waals surface area contributed by atoms with Crippen molar-refractivity contribution in [3.63, 3.8) is 0 Å². The Balaban J connectivity index is 1.60. The third-order valence-corrected chi connectivity index (χ3v) is 4.26. The van der Waals surface area contributed by atoms with Crippen LogP contribution in [0.2, 0.25) is 0 Å². The normalized spacial score (nSPS) is 10.5. The molecule has 0 aliphatic heterocycles. The van der Waals surface area contributed by atoms with Crippen molar-refractivity contribution in [2.24, 2.45) is 0 Å². The zero-order valence-corrected chi connectivity index (χ0v) is 16.0. The van der Waals surface area contributed by atoms with Crippen molar-refractivity contribution in [3.8, 4) is 0 Å². The van der Waals surface area contributed by atoms with Gasteiger partial charge in [-0.15, -0.1) is 0 Å². The molecule has 0 bridgehead atoms. The van der Waals surface area contributed by atoms with Gasteiger partial charge in [0.05, 0.1) is 0 Å². The van der Waals surface area contributed by atoms with E-state index in [0.29, 0.717) is 36.7 Å². The Morgan fingerprint density at radius 2 is 1.86 bits per heavy atom. The van der Waals surface area contributed by atoms with Gasteiger partial charge in [0.15, 0.2) is 0 Å². The number of anilines is 1. The quantitative estimate of drug-likeness (QED) is 0.656. The molecule has 0 atom stereocenters. The highest BCUT2D eigenvalue weighted by Gasteiger charge is 2.11. The first kappa shape index (κ1) is 19.5. The van der Waals surface area contributed by atoms with Gasteiger partial charge in [0.1, 0.15) is 23.2 Å². The van der Waals surface area contributed by atoms with E-state index in [4.69, 9.17) is 0 Å². The molecule has 6 heteroatoms. The highest BCUT2D eigenvalue weighted by molar-refractivity contribution is 5.92. The maximum Gasteiger partial charge on any atom is 0.270 e. The minimum Gasteiger partial charge on any atom is -0.366 e. The number of nitrogens with zero attached hydrogens (tertiary/aromatic N) is 2. The Hall–Kier alpha value is -3.28. The molecule has 1 heterocycles. The topological polar surface area (TPSA) is 66.9 Å². The van der Waals surface area contributed by atoms with Crippen molar-refractivity contribution in [1.82, 2.24) is 15.3 Å². The number of aryl methyl sites for hydroxylation is 2. The number of carbonyl (C=O) groups excluding carboxylic acids is 1. The van der Waals surface area contributed by atoms with Crippen LogP contribution in [0.15, 0.2) is 54.6 Å². The van der Waals surface area contributed by atoms with Gasteiger partial charge < -0.3 is 10.6 Å². The maximum absolute atomic E-state index is 13.7. The highest BCUT2D eigenvalue weighted by Crippen LogP contribution is 2.11. The van der Waals surface area contributed by atoms with Crippen molar-refractivity contribution in [2.75, 3.05) is 11.9 Å². The lowest BCUT2D eigenvalue weighted by atomic mass is 10.1. The third kappa shape index (κ3) is 5.36. The van der Waals surface area contributed by atoms with E-state index in [9.17, 15) is 9.18 Å². The Bertz CT molecular complexity index is 974. The summed E-state index contributed by atoms with van der Waals surface area (Å²) in [5.74, 6) is 0.527. The molecule has 2 N–H and O–H groups in total. The van der Waals surface area contributed by atoms with Crippen molar-refractivity contribution in [1.29, 1.82) is 0 Å². The van der Waals surface area contributed by atoms with Gasteiger partial charge in [0, 0.05) is 19.2 Å². The molecular formula is C22H23FN4O. The molecular weight excluding hydrogens is 355 g/mol. The van der Waals surface area contributed by atoms with Crippen LogP contribution in [0, 0.1) is 19.7 Å². The standard InChI is InChI=1S/C22H23FN4O/c1-15-6-5-7-17(12-15)14-25-21-13-20(26-16(2)27-21)22(28)24-11-10-18-8-3-4-9-19(18)23/h3-9,12-13H,10-11,14H2,1-2H3,(H,24,28)(H,25,26,27).